The summed E-state index contributed by atoms with van der Waals surface area (Å²) in [6, 6.07) is 0.506. The molecule has 1 saturated heterocycles. The Morgan fingerprint density at radius 1 is 1.47 bits per heavy atom. The van der Waals surface area contributed by atoms with Crippen molar-refractivity contribution in [3.8, 4) is 0 Å². The molecule has 102 valence electrons. The summed E-state index contributed by atoms with van der Waals surface area (Å²) in [4.78, 5) is 2.48. The second kappa shape index (κ2) is 8.86. The molecule has 0 amide bonds. The molecule has 1 N–H and O–H groups in total. The molecule has 1 heterocycles. The van der Waals surface area contributed by atoms with E-state index < -0.39 is 0 Å². The van der Waals surface area contributed by atoms with Crippen LogP contribution in [0.5, 0.6) is 0 Å². The predicted octanol–water partition coefficient (Wildman–Crippen LogP) is 0.969. The first kappa shape index (κ1) is 14.9. The molecule has 0 radical (unpaired) electrons. The SMILES string of the molecule is CCNCC1COCCN1CCOCC(C)C. The van der Waals surface area contributed by atoms with E-state index >= 15 is 0 Å². The average molecular weight is 244 g/mol. The maximum atomic E-state index is 5.65. The van der Waals surface area contributed by atoms with Crippen molar-refractivity contribution in [3.63, 3.8) is 0 Å². The molecule has 4 nitrogen and oxygen atoms in total. The molecule has 0 aromatic heterocycles. The van der Waals surface area contributed by atoms with Crippen molar-refractivity contribution in [1.29, 1.82) is 0 Å². The number of hydrogen-bond donors (Lipinski definition) is 1. The molecular weight excluding hydrogens is 216 g/mol. The molecule has 0 saturated carbocycles. The maximum Gasteiger partial charge on any atom is 0.0634 e. The molecule has 1 aliphatic heterocycles. The van der Waals surface area contributed by atoms with Crippen LogP contribution >= 0.6 is 0 Å². The summed E-state index contributed by atoms with van der Waals surface area (Å²) in [6.45, 7) is 14.0. The molecule has 1 unspecified atom stereocenters. The number of ether oxygens (including phenoxy) is 2. The fraction of sp³-hybridized carbons (Fsp3) is 1.00. The minimum absolute atomic E-state index is 0.506. The summed E-state index contributed by atoms with van der Waals surface area (Å²) in [7, 11) is 0. The van der Waals surface area contributed by atoms with Gasteiger partial charge in [-0.1, -0.05) is 20.8 Å². The lowest BCUT2D eigenvalue weighted by Crippen LogP contribution is -2.51. The van der Waals surface area contributed by atoms with Gasteiger partial charge in [0.05, 0.1) is 19.8 Å². The molecule has 0 bridgehead atoms. The maximum absolute atomic E-state index is 5.65. The van der Waals surface area contributed by atoms with Crippen molar-refractivity contribution in [3.05, 3.63) is 0 Å². The van der Waals surface area contributed by atoms with Gasteiger partial charge in [-0.25, -0.2) is 0 Å². The number of likely N-dealkylation sites (N-methyl/N-ethyl adjacent to an activating group) is 1. The second-order valence-electron chi connectivity index (χ2n) is 5.04. The van der Waals surface area contributed by atoms with Gasteiger partial charge in [-0.05, 0) is 12.5 Å². The number of hydrogen-bond acceptors (Lipinski definition) is 4. The van der Waals surface area contributed by atoms with Crippen LogP contribution in [0.1, 0.15) is 20.8 Å². The lowest BCUT2D eigenvalue weighted by Gasteiger charge is -2.35. The van der Waals surface area contributed by atoms with Gasteiger partial charge in [0.25, 0.3) is 0 Å². The van der Waals surface area contributed by atoms with Crippen LogP contribution in [0.25, 0.3) is 0 Å². The van der Waals surface area contributed by atoms with E-state index in [1.54, 1.807) is 0 Å². The van der Waals surface area contributed by atoms with Crippen molar-refractivity contribution in [2.75, 3.05) is 52.6 Å². The largest absolute Gasteiger partial charge is 0.380 e. The van der Waals surface area contributed by atoms with Gasteiger partial charge in [-0.3, -0.25) is 4.90 Å². The molecule has 0 aliphatic carbocycles. The van der Waals surface area contributed by atoms with Gasteiger partial charge in [-0.15, -0.1) is 0 Å². The van der Waals surface area contributed by atoms with E-state index in [1.165, 1.54) is 0 Å². The molecule has 0 aromatic rings. The van der Waals surface area contributed by atoms with E-state index in [2.05, 4.69) is 31.0 Å². The fourth-order valence-corrected chi connectivity index (χ4v) is 1.98. The molecule has 1 rings (SSSR count). The van der Waals surface area contributed by atoms with Crippen LogP contribution in [0.15, 0.2) is 0 Å². The Morgan fingerprint density at radius 2 is 2.29 bits per heavy atom. The first-order chi connectivity index (χ1) is 8.24. The average Bonchev–Trinajstić information content (AvgIpc) is 2.33. The van der Waals surface area contributed by atoms with Crippen LogP contribution in [0.4, 0.5) is 0 Å². The lowest BCUT2D eigenvalue weighted by molar-refractivity contribution is -0.0211. The van der Waals surface area contributed by atoms with Crippen LogP contribution in [0.2, 0.25) is 0 Å². The first-order valence-corrected chi connectivity index (χ1v) is 6.84. The third-order valence-corrected chi connectivity index (χ3v) is 2.95. The van der Waals surface area contributed by atoms with E-state index in [4.69, 9.17) is 9.47 Å². The van der Waals surface area contributed by atoms with Gasteiger partial charge < -0.3 is 14.8 Å². The topological polar surface area (TPSA) is 33.7 Å². The van der Waals surface area contributed by atoms with Crippen LogP contribution in [0, 0.1) is 5.92 Å². The van der Waals surface area contributed by atoms with Crippen molar-refractivity contribution in [1.82, 2.24) is 10.2 Å². The zero-order valence-electron chi connectivity index (χ0n) is 11.6. The number of morpholine rings is 1. The monoisotopic (exact) mass is 244 g/mol. The van der Waals surface area contributed by atoms with Gasteiger partial charge in [0.2, 0.25) is 0 Å². The van der Waals surface area contributed by atoms with Crippen molar-refractivity contribution >= 4 is 0 Å². The summed E-state index contributed by atoms with van der Waals surface area (Å²) in [5, 5.41) is 3.39. The minimum atomic E-state index is 0.506. The highest BCUT2D eigenvalue weighted by molar-refractivity contribution is 4.77. The zero-order chi connectivity index (χ0) is 12.5. The Labute approximate surface area is 106 Å². The van der Waals surface area contributed by atoms with Gasteiger partial charge in [0, 0.05) is 32.3 Å². The van der Waals surface area contributed by atoms with Gasteiger partial charge >= 0.3 is 0 Å². The van der Waals surface area contributed by atoms with E-state index in [0.29, 0.717) is 12.0 Å². The summed E-state index contributed by atoms with van der Waals surface area (Å²) in [5.74, 6) is 0.622. The van der Waals surface area contributed by atoms with Crippen LogP contribution in [-0.2, 0) is 9.47 Å². The van der Waals surface area contributed by atoms with Gasteiger partial charge in [-0.2, -0.15) is 0 Å². The molecule has 17 heavy (non-hydrogen) atoms. The molecule has 4 heteroatoms. The Bertz CT molecular complexity index is 188. The number of nitrogens with zero attached hydrogens (tertiary/aromatic N) is 1. The smallest absolute Gasteiger partial charge is 0.0634 e. The fourth-order valence-electron chi connectivity index (χ4n) is 1.98. The van der Waals surface area contributed by atoms with Crippen LogP contribution < -0.4 is 5.32 Å². The summed E-state index contributed by atoms with van der Waals surface area (Å²) >= 11 is 0. The van der Waals surface area contributed by atoms with E-state index in [0.717, 1.165) is 52.6 Å². The number of rotatable bonds is 8. The highest BCUT2D eigenvalue weighted by Gasteiger charge is 2.21. The standard InChI is InChI=1S/C13H28N2O2/c1-4-14-9-13-11-17-8-6-15(13)5-7-16-10-12(2)3/h12-14H,4-11H2,1-3H3. The van der Waals surface area contributed by atoms with Crippen LogP contribution in [0.3, 0.4) is 0 Å². The Morgan fingerprint density at radius 3 is 3.00 bits per heavy atom. The van der Waals surface area contributed by atoms with E-state index in [-0.39, 0.29) is 0 Å². The number of nitrogens with one attached hydrogen (secondary N) is 1. The third-order valence-electron chi connectivity index (χ3n) is 2.95. The van der Waals surface area contributed by atoms with Crippen molar-refractivity contribution in [2.45, 2.75) is 26.8 Å². The van der Waals surface area contributed by atoms with Crippen LogP contribution in [-0.4, -0.2) is 63.5 Å². The van der Waals surface area contributed by atoms with Gasteiger partial charge in [0.1, 0.15) is 0 Å². The highest BCUT2D eigenvalue weighted by atomic mass is 16.5. The predicted molar refractivity (Wildman–Crippen MR) is 70.4 cm³/mol. The minimum Gasteiger partial charge on any atom is -0.380 e. The van der Waals surface area contributed by atoms with Gasteiger partial charge in [0.15, 0.2) is 0 Å². The highest BCUT2D eigenvalue weighted by Crippen LogP contribution is 2.06. The third kappa shape index (κ3) is 6.36. The summed E-state index contributed by atoms with van der Waals surface area (Å²) in [6.07, 6.45) is 0. The Balaban J connectivity index is 2.18. The molecule has 1 aliphatic rings. The van der Waals surface area contributed by atoms with Crippen molar-refractivity contribution in [2.24, 2.45) is 5.92 Å². The second-order valence-corrected chi connectivity index (χ2v) is 5.04. The quantitative estimate of drug-likeness (QED) is 0.645. The molecule has 1 atom stereocenters. The normalized spacial score (nSPS) is 22.2. The Kier molecular flexibility index (Phi) is 7.77. The zero-order valence-corrected chi connectivity index (χ0v) is 11.6. The summed E-state index contributed by atoms with van der Waals surface area (Å²) in [5.41, 5.74) is 0. The first-order valence-electron chi connectivity index (χ1n) is 6.84. The summed E-state index contributed by atoms with van der Waals surface area (Å²) < 4.78 is 11.2. The molecule has 0 aromatic carbocycles. The molecular formula is C13H28N2O2. The molecule has 0 spiro atoms. The van der Waals surface area contributed by atoms with Crippen molar-refractivity contribution < 1.29 is 9.47 Å². The lowest BCUT2D eigenvalue weighted by atomic mass is 10.2. The Hall–Kier alpha value is -0.160. The molecule has 1 fully saturated rings. The van der Waals surface area contributed by atoms with E-state index in [9.17, 15) is 0 Å². The van der Waals surface area contributed by atoms with E-state index in [1.807, 2.05) is 0 Å².